The molecule has 2 rings (SSSR count). The van der Waals surface area contributed by atoms with Gasteiger partial charge in [0.1, 0.15) is 5.60 Å². The Kier molecular flexibility index (Phi) is 5.11. The zero-order chi connectivity index (χ0) is 14.4. The minimum absolute atomic E-state index is 0.118. The first-order valence-electron chi connectivity index (χ1n) is 7.26. The van der Waals surface area contributed by atoms with E-state index in [0.29, 0.717) is 24.6 Å². The Labute approximate surface area is 118 Å². The first-order valence-corrected chi connectivity index (χ1v) is 7.26. The molecule has 0 radical (unpaired) electrons. The molecular weight excluding hydrogens is 260 g/mol. The maximum atomic E-state index is 10.5. The summed E-state index contributed by atoms with van der Waals surface area (Å²) < 4.78 is 11.0. The molecule has 0 aliphatic heterocycles. The Bertz CT molecular complexity index is 436. The third-order valence-corrected chi connectivity index (χ3v) is 3.96. The van der Waals surface area contributed by atoms with Crippen molar-refractivity contribution >= 4 is 5.97 Å². The van der Waals surface area contributed by atoms with Crippen molar-refractivity contribution in [1.82, 2.24) is 10.1 Å². The van der Waals surface area contributed by atoms with Gasteiger partial charge in [0.15, 0.2) is 0 Å². The molecule has 6 heteroatoms. The average Bonchev–Trinajstić information content (AvgIpc) is 2.76. The van der Waals surface area contributed by atoms with Crippen LogP contribution in [0.5, 0.6) is 0 Å². The number of carbonyl (C=O) groups is 1. The number of hydrogen-bond donors (Lipinski definition) is 1. The minimum atomic E-state index is -0.804. The predicted octanol–water partition coefficient (Wildman–Crippen LogP) is 2.67. The monoisotopic (exact) mass is 282 g/mol. The summed E-state index contributed by atoms with van der Waals surface area (Å²) in [5, 5.41) is 12.7. The van der Waals surface area contributed by atoms with Gasteiger partial charge < -0.3 is 14.4 Å². The SMILES string of the molecule is COC1(c2noc(CCCC(=O)O)n2)CCCCCC1. The van der Waals surface area contributed by atoms with Gasteiger partial charge in [-0.05, 0) is 19.3 Å². The summed E-state index contributed by atoms with van der Waals surface area (Å²) in [4.78, 5) is 14.9. The lowest BCUT2D eigenvalue weighted by molar-refractivity contribution is -0.137. The number of ether oxygens (including phenoxy) is 1. The van der Waals surface area contributed by atoms with E-state index in [0.717, 1.165) is 25.7 Å². The third-order valence-electron chi connectivity index (χ3n) is 3.96. The lowest BCUT2D eigenvalue weighted by Crippen LogP contribution is -2.29. The molecule has 112 valence electrons. The van der Waals surface area contributed by atoms with E-state index in [4.69, 9.17) is 14.4 Å². The van der Waals surface area contributed by atoms with Gasteiger partial charge in [-0.3, -0.25) is 4.79 Å². The van der Waals surface area contributed by atoms with Crippen LogP contribution in [0.15, 0.2) is 4.52 Å². The molecule has 1 fully saturated rings. The number of aromatic nitrogens is 2. The van der Waals surface area contributed by atoms with Crippen molar-refractivity contribution in [3.05, 3.63) is 11.7 Å². The highest BCUT2D eigenvalue weighted by Gasteiger charge is 2.37. The van der Waals surface area contributed by atoms with Gasteiger partial charge in [-0.1, -0.05) is 30.8 Å². The van der Waals surface area contributed by atoms with Crippen molar-refractivity contribution < 1.29 is 19.2 Å². The standard InChI is InChI=1S/C14H22N2O4/c1-19-14(9-4-2-3-5-10-14)13-15-11(20-16-13)7-6-8-12(17)18/h2-10H2,1H3,(H,17,18). The van der Waals surface area contributed by atoms with Crippen LogP contribution in [0.3, 0.4) is 0 Å². The normalized spacial score (nSPS) is 18.6. The number of carboxylic acid groups (broad SMARTS) is 1. The van der Waals surface area contributed by atoms with Crippen LogP contribution in [0.1, 0.15) is 63.1 Å². The van der Waals surface area contributed by atoms with Crippen molar-refractivity contribution in [1.29, 1.82) is 0 Å². The largest absolute Gasteiger partial charge is 0.481 e. The van der Waals surface area contributed by atoms with Gasteiger partial charge in [-0.15, -0.1) is 0 Å². The molecule has 0 saturated heterocycles. The van der Waals surface area contributed by atoms with E-state index in [9.17, 15) is 4.79 Å². The molecule has 0 spiro atoms. The van der Waals surface area contributed by atoms with Crippen LogP contribution in [0.2, 0.25) is 0 Å². The first kappa shape index (κ1) is 15.0. The summed E-state index contributed by atoms with van der Waals surface area (Å²) in [6.45, 7) is 0. The van der Waals surface area contributed by atoms with Crippen LogP contribution >= 0.6 is 0 Å². The Morgan fingerprint density at radius 2 is 2.05 bits per heavy atom. The summed E-state index contributed by atoms with van der Waals surface area (Å²) in [6, 6.07) is 0. The highest BCUT2D eigenvalue weighted by Crippen LogP contribution is 2.37. The molecule has 0 aromatic carbocycles. The third kappa shape index (κ3) is 3.56. The van der Waals surface area contributed by atoms with E-state index in [1.54, 1.807) is 7.11 Å². The van der Waals surface area contributed by atoms with Crippen molar-refractivity contribution in [2.75, 3.05) is 7.11 Å². The number of carboxylic acids is 1. The fourth-order valence-electron chi connectivity index (χ4n) is 2.75. The molecule has 0 bridgehead atoms. The fourth-order valence-corrected chi connectivity index (χ4v) is 2.75. The number of aliphatic carboxylic acids is 1. The van der Waals surface area contributed by atoms with E-state index < -0.39 is 11.6 Å². The number of nitrogens with zero attached hydrogens (tertiary/aromatic N) is 2. The van der Waals surface area contributed by atoms with Crippen LogP contribution < -0.4 is 0 Å². The minimum Gasteiger partial charge on any atom is -0.481 e. The van der Waals surface area contributed by atoms with Gasteiger partial charge in [0, 0.05) is 20.0 Å². The summed E-state index contributed by atoms with van der Waals surface area (Å²) in [6.07, 6.45) is 7.61. The molecular formula is C14H22N2O4. The van der Waals surface area contributed by atoms with Crippen LogP contribution in [0, 0.1) is 0 Å². The lowest BCUT2D eigenvalue weighted by Gasteiger charge is -2.27. The Hall–Kier alpha value is -1.43. The molecule has 6 nitrogen and oxygen atoms in total. The lowest BCUT2D eigenvalue weighted by atomic mass is 9.93. The average molecular weight is 282 g/mol. The molecule has 0 atom stereocenters. The fraction of sp³-hybridized carbons (Fsp3) is 0.786. The Morgan fingerprint density at radius 3 is 2.65 bits per heavy atom. The van der Waals surface area contributed by atoms with Gasteiger partial charge >= 0.3 is 5.97 Å². The van der Waals surface area contributed by atoms with Crippen molar-refractivity contribution in [2.45, 2.75) is 63.4 Å². The molecule has 0 unspecified atom stereocenters. The topological polar surface area (TPSA) is 85.5 Å². The van der Waals surface area contributed by atoms with Crippen LogP contribution in [-0.4, -0.2) is 28.3 Å². The highest BCUT2D eigenvalue weighted by atomic mass is 16.5. The van der Waals surface area contributed by atoms with E-state index in [-0.39, 0.29) is 6.42 Å². The van der Waals surface area contributed by atoms with Crippen molar-refractivity contribution in [3.63, 3.8) is 0 Å². The molecule has 1 aromatic heterocycles. The van der Waals surface area contributed by atoms with Crippen LogP contribution in [0.25, 0.3) is 0 Å². The molecule has 1 saturated carbocycles. The zero-order valence-electron chi connectivity index (χ0n) is 11.9. The molecule has 1 aliphatic carbocycles. The Morgan fingerprint density at radius 1 is 1.35 bits per heavy atom. The first-order chi connectivity index (χ1) is 9.66. The predicted molar refractivity (Wildman–Crippen MR) is 71.3 cm³/mol. The number of methoxy groups -OCH3 is 1. The summed E-state index contributed by atoms with van der Waals surface area (Å²) >= 11 is 0. The number of rotatable bonds is 6. The van der Waals surface area contributed by atoms with Gasteiger partial charge in [-0.25, -0.2) is 0 Å². The van der Waals surface area contributed by atoms with Crippen molar-refractivity contribution in [2.24, 2.45) is 0 Å². The van der Waals surface area contributed by atoms with Gasteiger partial charge in [-0.2, -0.15) is 4.98 Å². The molecule has 1 heterocycles. The van der Waals surface area contributed by atoms with E-state index in [2.05, 4.69) is 10.1 Å². The van der Waals surface area contributed by atoms with Crippen molar-refractivity contribution in [3.8, 4) is 0 Å². The smallest absolute Gasteiger partial charge is 0.303 e. The second-order valence-electron chi connectivity index (χ2n) is 5.37. The van der Waals surface area contributed by atoms with Gasteiger partial charge in [0.05, 0.1) is 0 Å². The number of hydrogen-bond acceptors (Lipinski definition) is 5. The quantitative estimate of drug-likeness (QED) is 0.807. The maximum Gasteiger partial charge on any atom is 0.303 e. The maximum absolute atomic E-state index is 10.5. The molecule has 1 aromatic rings. The van der Waals surface area contributed by atoms with Gasteiger partial charge in [0.2, 0.25) is 11.7 Å². The van der Waals surface area contributed by atoms with E-state index in [1.165, 1.54) is 12.8 Å². The number of aryl methyl sites for hydroxylation is 1. The highest BCUT2D eigenvalue weighted by molar-refractivity contribution is 5.66. The summed E-state index contributed by atoms with van der Waals surface area (Å²) in [7, 11) is 1.70. The molecule has 1 N–H and O–H groups in total. The molecule has 0 amide bonds. The van der Waals surface area contributed by atoms with E-state index in [1.807, 2.05) is 0 Å². The van der Waals surface area contributed by atoms with E-state index >= 15 is 0 Å². The summed E-state index contributed by atoms with van der Waals surface area (Å²) in [5.74, 6) is 0.316. The second kappa shape index (κ2) is 6.83. The van der Waals surface area contributed by atoms with Crippen LogP contribution in [0.4, 0.5) is 0 Å². The summed E-state index contributed by atoms with van der Waals surface area (Å²) in [5.41, 5.74) is -0.426. The Balaban J connectivity index is 2.03. The molecule has 1 aliphatic rings. The second-order valence-corrected chi connectivity index (χ2v) is 5.37. The van der Waals surface area contributed by atoms with Gasteiger partial charge in [0.25, 0.3) is 0 Å². The zero-order valence-corrected chi connectivity index (χ0v) is 11.9. The van der Waals surface area contributed by atoms with Crippen LogP contribution in [-0.2, 0) is 21.6 Å². The molecule has 20 heavy (non-hydrogen) atoms.